The number of ketones is 2. The van der Waals surface area contributed by atoms with Crippen molar-refractivity contribution >= 4 is 11.6 Å². The molecule has 8 aliphatic rings. The van der Waals surface area contributed by atoms with Crippen molar-refractivity contribution in [3.63, 3.8) is 0 Å². The molecule has 4 bridgehead atoms. The molecular formula is C30H40O12. The molecule has 8 rings (SSSR count). The van der Waals surface area contributed by atoms with Gasteiger partial charge in [-0.1, -0.05) is 13.8 Å². The average molecular weight is 593 g/mol. The predicted octanol–water partition coefficient (Wildman–Crippen LogP) is -1.68. The van der Waals surface area contributed by atoms with E-state index in [1.165, 1.54) is 0 Å². The summed E-state index contributed by atoms with van der Waals surface area (Å²) in [5.41, 5.74) is -4.31. The van der Waals surface area contributed by atoms with Crippen LogP contribution in [0.3, 0.4) is 0 Å². The molecule has 0 aromatic carbocycles. The van der Waals surface area contributed by atoms with Crippen molar-refractivity contribution in [2.75, 3.05) is 26.4 Å². The molecule has 0 aromatic heterocycles. The topological polar surface area (TPSA) is 199 Å². The van der Waals surface area contributed by atoms with Gasteiger partial charge in [0, 0.05) is 10.8 Å². The van der Waals surface area contributed by atoms with Crippen LogP contribution in [0.25, 0.3) is 0 Å². The molecule has 12 heteroatoms. The molecule has 2 saturated carbocycles. The van der Waals surface area contributed by atoms with Gasteiger partial charge in [-0.2, -0.15) is 0 Å². The molecular weight excluding hydrogens is 552 g/mol. The highest BCUT2D eigenvalue weighted by atomic mass is 16.6. The van der Waals surface area contributed by atoms with Gasteiger partial charge in [0.1, 0.15) is 35.6 Å². The minimum absolute atomic E-state index is 0.339. The standard InChI is InChI=1S/2C15H20O6/c2*1-7-3-9-14(5-16,11(19)10(7)18)13(2)4-8(17)12(21-9)15(13)6-20-15/h2*3,8-9,11-12,16-17,19H,4-6H2,1-2H3/t2*8-,9-,11-,12-,13-,14-,15?/m11/s1. The summed E-state index contributed by atoms with van der Waals surface area (Å²) in [6, 6.07) is 0. The number of hydrogen-bond donors (Lipinski definition) is 6. The number of aliphatic hydroxyl groups excluding tert-OH is 6. The molecule has 232 valence electrons. The average Bonchev–Trinajstić information content (AvgIpc) is 3.85. The first kappa shape index (κ1) is 29.1. The van der Waals surface area contributed by atoms with Gasteiger partial charge in [0.05, 0.1) is 61.7 Å². The second kappa shape index (κ2) is 8.57. The first-order chi connectivity index (χ1) is 19.7. The van der Waals surface area contributed by atoms with Gasteiger partial charge >= 0.3 is 0 Å². The Morgan fingerprint density at radius 1 is 0.714 bits per heavy atom. The molecule has 14 atom stereocenters. The monoisotopic (exact) mass is 592 g/mol. The highest BCUT2D eigenvalue weighted by Gasteiger charge is 2.84. The van der Waals surface area contributed by atoms with Gasteiger partial charge in [0.25, 0.3) is 0 Å². The second-order valence-corrected chi connectivity index (χ2v) is 14.1. The van der Waals surface area contributed by atoms with Crippen LogP contribution in [0.5, 0.6) is 0 Å². The van der Waals surface area contributed by atoms with Gasteiger partial charge in [-0.3, -0.25) is 9.59 Å². The smallest absolute Gasteiger partial charge is 0.187 e. The second-order valence-electron chi connectivity index (χ2n) is 14.1. The van der Waals surface area contributed by atoms with E-state index in [1.807, 2.05) is 13.8 Å². The Kier molecular flexibility index (Phi) is 5.94. The zero-order valence-electron chi connectivity index (χ0n) is 24.1. The third kappa shape index (κ3) is 2.89. The minimum Gasteiger partial charge on any atom is -0.396 e. The van der Waals surface area contributed by atoms with E-state index in [-0.39, 0.29) is 11.6 Å². The number of carbonyl (C=O) groups is 2. The zero-order chi connectivity index (χ0) is 30.4. The third-order valence-electron chi connectivity index (χ3n) is 12.9. The Balaban J connectivity index is 0.000000137. The Labute approximate surface area is 242 Å². The first-order valence-corrected chi connectivity index (χ1v) is 14.7. The molecule has 4 aliphatic heterocycles. The molecule has 0 aromatic rings. The van der Waals surface area contributed by atoms with Gasteiger partial charge in [0.2, 0.25) is 0 Å². The van der Waals surface area contributed by atoms with Crippen LogP contribution in [0.2, 0.25) is 0 Å². The van der Waals surface area contributed by atoms with Crippen molar-refractivity contribution in [1.82, 2.24) is 0 Å². The Bertz CT molecular complexity index is 1200. The van der Waals surface area contributed by atoms with Crippen molar-refractivity contribution in [2.24, 2.45) is 21.7 Å². The number of epoxide rings is 2. The zero-order valence-corrected chi connectivity index (χ0v) is 24.1. The number of rotatable bonds is 2. The van der Waals surface area contributed by atoms with Crippen LogP contribution < -0.4 is 0 Å². The largest absolute Gasteiger partial charge is 0.396 e. The number of ether oxygens (including phenoxy) is 4. The minimum atomic E-state index is -1.35. The van der Waals surface area contributed by atoms with E-state index in [2.05, 4.69) is 0 Å². The summed E-state index contributed by atoms with van der Waals surface area (Å²) < 4.78 is 23.3. The van der Waals surface area contributed by atoms with Crippen molar-refractivity contribution < 1.29 is 59.2 Å². The summed E-state index contributed by atoms with van der Waals surface area (Å²) in [4.78, 5) is 24.6. The molecule has 6 fully saturated rings. The van der Waals surface area contributed by atoms with Gasteiger partial charge in [-0.25, -0.2) is 0 Å². The molecule has 4 aliphatic carbocycles. The Morgan fingerprint density at radius 2 is 1.05 bits per heavy atom. The van der Waals surface area contributed by atoms with Crippen LogP contribution in [0.1, 0.15) is 40.5 Å². The van der Waals surface area contributed by atoms with E-state index in [4.69, 9.17) is 18.9 Å². The van der Waals surface area contributed by atoms with Crippen molar-refractivity contribution in [3.8, 4) is 0 Å². The molecule has 4 saturated heterocycles. The quantitative estimate of drug-likeness (QED) is 0.200. The van der Waals surface area contributed by atoms with Crippen molar-refractivity contribution in [3.05, 3.63) is 23.3 Å². The van der Waals surface area contributed by atoms with Gasteiger partial charge in [-0.15, -0.1) is 0 Å². The fraction of sp³-hybridized carbons (Fsp3) is 0.800. The summed E-state index contributed by atoms with van der Waals surface area (Å²) in [6.45, 7) is 7.10. The lowest BCUT2D eigenvalue weighted by Crippen LogP contribution is -2.70. The molecule has 0 amide bonds. The molecule has 42 heavy (non-hydrogen) atoms. The van der Waals surface area contributed by atoms with Crippen LogP contribution in [0.15, 0.2) is 23.3 Å². The number of aliphatic hydroxyl groups is 6. The summed E-state index contributed by atoms with van der Waals surface area (Å²) in [6.07, 6.45) is -2.27. The van der Waals surface area contributed by atoms with Crippen LogP contribution in [0, 0.1) is 21.7 Å². The van der Waals surface area contributed by atoms with E-state index >= 15 is 0 Å². The van der Waals surface area contributed by atoms with Gasteiger partial charge in [-0.05, 0) is 50.0 Å². The molecule has 2 unspecified atom stereocenters. The van der Waals surface area contributed by atoms with Crippen molar-refractivity contribution in [2.45, 2.75) is 101 Å². The number of carbonyl (C=O) groups excluding carboxylic acids is 2. The number of fused-ring (bicyclic) bond motifs is 4. The fourth-order valence-electron chi connectivity index (χ4n) is 10.0. The maximum Gasteiger partial charge on any atom is 0.187 e. The van der Waals surface area contributed by atoms with Crippen LogP contribution in [-0.2, 0) is 28.5 Å². The van der Waals surface area contributed by atoms with Gasteiger partial charge in [0.15, 0.2) is 11.6 Å². The van der Waals surface area contributed by atoms with E-state index in [1.54, 1.807) is 26.0 Å². The summed E-state index contributed by atoms with van der Waals surface area (Å²) >= 11 is 0. The lowest BCUT2D eigenvalue weighted by Gasteiger charge is -2.58. The van der Waals surface area contributed by atoms with Gasteiger partial charge < -0.3 is 49.6 Å². The van der Waals surface area contributed by atoms with Crippen LogP contribution in [-0.4, -0.2) is 129 Å². The number of hydrogen-bond acceptors (Lipinski definition) is 12. The molecule has 2 spiro atoms. The Hall–Kier alpha value is -1.58. The van der Waals surface area contributed by atoms with Crippen LogP contribution in [0.4, 0.5) is 0 Å². The summed E-state index contributed by atoms with van der Waals surface area (Å²) in [5, 5.41) is 62.2. The highest BCUT2D eigenvalue weighted by Crippen LogP contribution is 2.72. The predicted molar refractivity (Wildman–Crippen MR) is 141 cm³/mol. The Morgan fingerprint density at radius 3 is 1.33 bits per heavy atom. The maximum atomic E-state index is 12.3. The fourth-order valence-corrected chi connectivity index (χ4v) is 10.0. The normalized spacial score (nSPS) is 58.1. The summed E-state index contributed by atoms with van der Waals surface area (Å²) in [7, 11) is 0. The van der Waals surface area contributed by atoms with E-state index in [0.717, 1.165) is 0 Å². The van der Waals surface area contributed by atoms with E-state index in [9.17, 15) is 40.2 Å². The van der Waals surface area contributed by atoms with E-state index in [0.29, 0.717) is 37.2 Å². The number of Topliss-reactive ketones (excluding diaryl/α,β-unsaturated/α-hetero) is 2. The maximum absolute atomic E-state index is 12.3. The molecule has 0 radical (unpaired) electrons. The summed E-state index contributed by atoms with van der Waals surface area (Å²) in [5.74, 6) is -0.776. The third-order valence-corrected chi connectivity index (χ3v) is 12.9. The molecule has 6 N–H and O–H groups in total. The SMILES string of the molecule is CC1=C[C@H]2O[C@@H]3[C@H](O)C[C@@](C)(C34CO4)[C@@]2(CO)[C@H](O)C1=O.CC1=C[C@H]2O[C@@H]3[C@H](O)C[C@@](C)(C34CO4)[C@@]2(CO)[C@H](O)C1=O. The lowest BCUT2D eigenvalue weighted by atomic mass is 9.50. The van der Waals surface area contributed by atoms with Crippen molar-refractivity contribution in [1.29, 1.82) is 0 Å². The molecule has 12 nitrogen and oxygen atoms in total. The highest BCUT2D eigenvalue weighted by molar-refractivity contribution is 6.00. The first-order valence-electron chi connectivity index (χ1n) is 14.7. The van der Waals surface area contributed by atoms with Crippen LogP contribution >= 0.6 is 0 Å². The molecule has 4 heterocycles. The lowest BCUT2D eigenvalue weighted by molar-refractivity contribution is -0.244. The van der Waals surface area contributed by atoms with E-state index < -0.39 is 94.9 Å².